The summed E-state index contributed by atoms with van der Waals surface area (Å²) in [5, 5.41) is 0. The van der Waals surface area contributed by atoms with Crippen LogP contribution in [0.4, 0.5) is 13.2 Å². The van der Waals surface area contributed by atoms with Gasteiger partial charge in [0.15, 0.2) is 0 Å². The van der Waals surface area contributed by atoms with Crippen LogP contribution in [0.5, 0.6) is 17.2 Å². The lowest BCUT2D eigenvalue weighted by atomic mass is 9.90. The first kappa shape index (κ1) is 19.6. The van der Waals surface area contributed by atoms with Crippen molar-refractivity contribution in [3.63, 3.8) is 0 Å². The van der Waals surface area contributed by atoms with Gasteiger partial charge in [0.1, 0.15) is 17.2 Å². The van der Waals surface area contributed by atoms with Crippen LogP contribution in [0, 0.1) is 5.92 Å². The van der Waals surface area contributed by atoms with Gasteiger partial charge in [0, 0.05) is 0 Å². The van der Waals surface area contributed by atoms with Crippen molar-refractivity contribution >= 4 is 5.97 Å². The molecule has 2 aromatic rings. The molecule has 3 atom stereocenters. The van der Waals surface area contributed by atoms with E-state index in [4.69, 9.17) is 14.2 Å². The number of alkyl halides is 3. The summed E-state index contributed by atoms with van der Waals surface area (Å²) in [5.41, 5.74) is 0.109. The Hall–Kier alpha value is -2.74. The van der Waals surface area contributed by atoms with E-state index in [1.165, 1.54) is 12.1 Å². The number of benzene rings is 2. The molecule has 1 aliphatic carbocycles. The Bertz CT molecular complexity index is 848. The van der Waals surface area contributed by atoms with Crippen LogP contribution in [-0.4, -0.2) is 31.1 Å². The van der Waals surface area contributed by atoms with Crippen molar-refractivity contribution in [3.05, 3.63) is 54.1 Å². The highest BCUT2D eigenvalue weighted by Crippen LogP contribution is 2.39. The summed E-state index contributed by atoms with van der Waals surface area (Å²) in [6.07, 6.45) is -0.674. The molecule has 0 spiro atoms. The lowest BCUT2D eigenvalue weighted by Gasteiger charge is -2.19. The Labute approximate surface area is 165 Å². The van der Waals surface area contributed by atoms with Gasteiger partial charge in [-0.25, -0.2) is 4.79 Å². The van der Waals surface area contributed by atoms with E-state index in [1.54, 1.807) is 24.3 Å². The van der Waals surface area contributed by atoms with Crippen LogP contribution < -0.4 is 14.2 Å². The van der Waals surface area contributed by atoms with Gasteiger partial charge in [0.05, 0.1) is 24.4 Å². The van der Waals surface area contributed by atoms with E-state index in [-0.39, 0.29) is 5.56 Å². The van der Waals surface area contributed by atoms with Gasteiger partial charge in [0.2, 0.25) is 0 Å². The van der Waals surface area contributed by atoms with Gasteiger partial charge >= 0.3 is 12.3 Å². The quantitative estimate of drug-likeness (QED) is 0.392. The summed E-state index contributed by atoms with van der Waals surface area (Å²) < 4.78 is 56.8. The summed E-state index contributed by atoms with van der Waals surface area (Å²) >= 11 is 0. The zero-order valence-electron chi connectivity index (χ0n) is 15.4. The Morgan fingerprint density at radius 2 is 1.59 bits per heavy atom. The minimum absolute atomic E-state index is 0.109. The van der Waals surface area contributed by atoms with Crippen LogP contribution in [0.3, 0.4) is 0 Å². The zero-order valence-corrected chi connectivity index (χ0v) is 15.4. The van der Waals surface area contributed by atoms with E-state index in [2.05, 4.69) is 4.74 Å². The number of rotatable bonds is 6. The SMILES string of the molecule is O=C(Oc1ccc(OCC2CCC3OC3C2)cc1)c1ccc(OC(F)(F)F)cc1. The van der Waals surface area contributed by atoms with E-state index in [9.17, 15) is 18.0 Å². The van der Waals surface area contributed by atoms with Crippen molar-refractivity contribution in [3.8, 4) is 17.2 Å². The second-order valence-electron chi connectivity index (χ2n) is 7.14. The number of carbonyl (C=O) groups excluding carboxylic acids is 1. The van der Waals surface area contributed by atoms with Gasteiger partial charge in [-0.3, -0.25) is 0 Å². The highest BCUT2D eigenvalue weighted by atomic mass is 19.4. The minimum atomic E-state index is -4.78. The average molecular weight is 408 g/mol. The number of esters is 1. The number of halogens is 3. The monoisotopic (exact) mass is 408 g/mol. The molecule has 3 unspecified atom stereocenters. The van der Waals surface area contributed by atoms with Gasteiger partial charge in [-0.15, -0.1) is 13.2 Å². The van der Waals surface area contributed by atoms with Crippen LogP contribution in [-0.2, 0) is 4.74 Å². The molecule has 0 bridgehead atoms. The van der Waals surface area contributed by atoms with E-state index in [1.807, 2.05) is 0 Å². The first-order valence-electron chi connectivity index (χ1n) is 9.32. The van der Waals surface area contributed by atoms with Gasteiger partial charge in [-0.05, 0) is 73.7 Å². The fraction of sp³-hybridized carbons (Fsp3) is 0.381. The maximum Gasteiger partial charge on any atom is 0.573 e. The van der Waals surface area contributed by atoms with E-state index < -0.39 is 18.1 Å². The number of hydrogen-bond donors (Lipinski definition) is 0. The van der Waals surface area contributed by atoms with E-state index in [0.717, 1.165) is 31.4 Å². The standard InChI is InChI=1S/C21H19F3O5/c22-21(23,24)29-17-4-2-14(3-5-17)20(25)27-16-8-6-15(7-9-16)26-12-13-1-10-18-19(11-13)28-18/h2-9,13,18-19H,1,10-12H2. The maximum absolute atomic E-state index is 12.2. The second-order valence-corrected chi connectivity index (χ2v) is 7.14. The molecule has 1 aliphatic heterocycles. The van der Waals surface area contributed by atoms with Crippen molar-refractivity contribution in [2.75, 3.05) is 6.61 Å². The van der Waals surface area contributed by atoms with E-state index in [0.29, 0.717) is 36.2 Å². The first-order valence-corrected chi connectivity index (χ1v) is 9.32. The van der Waals surface area contributed by atoms with Crippen molar-refractivity contribution in [1.29, 1.82) is 0 Å². The smallest absolute Gasteiger partial charge is 0.493 e. The van der Waals surface area contributed by atoms with Gasteiger partial charge in [-0.2, -0.15) is 0 Å². The Kier molecular flexibility index (Phi) is 5.36. The van der Waals surface area contributed by atoms with Crippen molar-refractivity contribution in [1.82, 2.24) is 0 Å². The molecule has 5 nitrogen and oxygen atoms in total. The van der Waals surface area contributed by atoms with Gasteiger partial charge in [0.25, 0.3) is 0 Å². The van der Waals surface area contributed by atoms with Crippen LogP contribution >= 0.6 is 0 Å². The molecular weight excluding hydrogens is 389 g/mol. The molecule has 2 aromatic carbocycles. The molecule has 1 heterocycles. The first-order chi connectivity index (χ1) is 13.9. The molecule has 1 saturated carbocycles. The Morgan fingerprint density at radius 1 is 0.931 bits per heavy atom. The topological polar surface area (TPSA) is 57.3 Å². The van der Waals surface area contributed by atoms with Crippen molar-refractivity contribution in [2.24, 2.45) is 5.92 Å². The lowest BCUT2D eigenvalue weighted by molar-refractivity contribution is -0.274. The summed E-state index contributed by atoms with van der Waals surface area (Å²) in [5.74, 6) is 0.387. The molecule has 0 radical (unpaired) electrons. The Morgan fingerprint density at radius 3 is 2.24 bits per heavy atom. The molecule has 8 heteroatoms. The van der Waals surface area contributed by atoms with E-state index >= 15 is 0 Å². The normalized spacial score (nSPS) is 23.1. The van der Waals surface area contributed by atoms with Gasteiger partial charge < -0.3 is 18.9 Å². The maximum atomic E-state index is 12.2. The third kappa shape index (κ3) is 5.41. The minimum Gasteiger partial charge on any atom is -0.493 e. The highest BCUT2D eigenvalue weighted by molar-refractivity contribution is 5.91. The second kappa shape index (κ2) is 7.94. The molecule has 154 valence electrons. The summed E-state index contributed by atoms with van der Waals surface area (Å²) in [7, 11) is 0. The molecule has 1 saturated heterocycles. The molecule has 0 N–H and O–H groups in total. The van der Waals surface area contributed by atoms with Crippen LogP contribution in [0.2, 0.25) is 0 Å². The summed E-state index contributed by atoms with van der Waals surface area (Å²) in [6, 6.07) is 11.2. The number of hydrogen-bond acceptors (Lipinski definition) is 5. The molecule has 0 amide bonds. The molecule has 0 aromatic heterocycles. The number of fused-ring (bicyclic) bond motifs is 1. The van der Waals surface area contributed by atoms with Crippen molar-refractivity contribution in [2.45, 2.75) is 37.8 Å². The molecule has 2 fully saturated rings. The Balaban J connectivity index is 1.27. The average Bonchev–Trinajstić information content (AvgIpc) is 3.45. The third-order valence-corrected chi connectivity index (χ3v) is 4.96. The van der Waals surface area contributed by atoms with Gasteiger partial charge in [-0.1, -0.05) is 0 Å². The number of ether oxygens (including phenoxy) is 4. The summed E-state index contributed by atoms with van der Waals surface area (Å²) in [6.45, 7) is 0.623. The summed E-state index contributed by atoms with van der Waals surface area (Å²) in [4.78, 5) is 12.1. The fourth-order valence-electron chi connectivity index (χ4n) is 3.41. The predicted molar refractivity (Wildman–Crippen MR) is 96.0 cm³/mol. The highest BCUT2D eigenvalue weighted by Gasteiger charge is 2.43. The molecule has 2 aliphatic rings. The largest absolute Gasteiger partial charge is 0.573 e. The van der Waals surface area contributed by atoms with Crippen molar-refractivity contribution < 1.29 is 36.9 Å². The molecule has 4 rings (SSSR count). The molecule has 29 heavy (non-hydrogen) atoms. The third-order valence-electron chi connectivity index (χ3n) is 4.96. The lowest BCUT2D eigenvalue weighted by Crippen LogP contribution is -2.19. The van der Waals surface area contributed by atoms with Crippen LogP contribution in [0.1, 0.15) is 29.6 Å². The zero-order chi connectivity index (χ0) is 20.4. The van der Waals surface area contributed by atoms with Crippen LogP contribution in [0.15, 0.2) is 48.5 Å². The molecular formula is C21H19F3O5. The van der Waals surface area contributed by atoms with Crippen LogP contribution in [0.25, 0.3) is 0 Å². The number of carbonyl (C=O) groups is 1. The fourth-order valence-corrected chi connectivity index (χ4v) is 3.41. The predicted octanol–water partition coefficient (Wildman–Crippen LogP) is 4.75. The number of epoxide rings is 1.